The number of sulfonamides is 1. The fraction of sp³-hybridized carbons (Fsp3) is 0.500. The maximum atomic E-state index is 13.4. The average molecular weight is 593 g/mol. The molecule has 0 amide bonds. The number of halogens is 3. The summed E-state index contributed by atoms with van der Waals surface area (Å²) in [6.45, 7) is 0.655. The number of hydrogen-bond donors (Lipinski definition) is 2. The molecule has 1 atom stereocenters. The molecule has 0 radical (unpaired) electrons. The Kier molecular flexibility index (Phi) is 7.25. The van der Waals surface area contributed by atoms with Crippen LogP contribution in [0.4, 0.5) is 19.1 Å². The van der Waals surface area contributed by atoms with Gasteiger partial charge in [0, 0.05) is 37.9 Å². The zero-order chi connectivity index (χ0) is 27.8. The first-order valence-corrected chi connectivity index (χ1v) is 14.6. The molecule has 0 bridgehead atoms. The smallest absolute Gasteiger partial charge is 0.423 e. The van der Waals surface area contributed by atoms with Gasteiger partial charge < -0.3 is 14.8 Å². The molecule has 0 aromatic carbocycles. The van der Waals surface area contributed by atoms with E-state index in [1.165, 1.54) is 4.31 Å². The van der Waals surface area contributed by atoms with E-state index in [0.29, 0.717) is 23.3 Å². The van der Waals surface area contributed by atoms with E-state index in [0.717, 1.165) is 24.8 Å². The van der Waals surface area contributed by atoms with Crippen LogP contribution in [0.3, 0.4) is 0 Å². The molecule has 5 rings (SSSR count). The van der Waals surface area contributed by atoms with Gasteiger partial charge in [0.25, 0.3) is 10.0 Å². The summed E-state index contributed by atoms with van der Waals surface area (Å²) >= 11 is 0. The van der Waals surface area contributed by atoms with Crippen LogP contribution < -0.4 is 10.1 Å². The maximum absolute atomic E-state index is 13.4. The lowest BCUT2D eigenvalue weighted by molar-refractivity contribution is -0.139. The van der Waals surface area contributed by atoms with Crippen molar-refractivity contribution >= 4 is 26.0 Å². The SMILES string of the molecule is O=S(=O)(c1cnn(S(=O)(=O)c2cn[nH]c2)c1)N1CCC(Nc2ncc(C(F)(F)F)c(OC3CCOC3)n2)CC1. The molecule has 212 valence electrons. The molecule has 39 heavy (non-hydrogen) atoms. The fourth-order valence-electron chi connectivity index (χ4n) is 4.10. The molecule has 2 N–H and O–H groups in total. The van der Waals surface area contributed by atoms with Crippen LogP contribution in [0.25, 0.3) is 0 Å². The zero-order valence-corrected chi connectivity index (χ0v) is 21.7. The van der Waals surface area contributed by atoms with Gasteiger partial charge in [0.1, 0.15) is 21.5 Å². The van der Waals surface area contributed by atoms with E-state index in [4.69, 9.17) is 9.47 Å². The topological polar surface area (TPSA) is 174 Å². The van der Waals surface area contributed by atoms with Crippen LogP contribution in [-0.2, 0) is 31.0 Å². The Morgan fingerprint density at radius 3 is 2.46 bits per heavy atom. The van der Waals surface area contributed by atoms with Crippen molar-refractivity contribution in [3.8, 4) is 5.88 Å². The minimum atomic E-state index is -4.71. The number of nitrogens with one attached hydrogen (secondary N) is 2. The molecule has 3 aromatic heterocycles. The molecule has 5 heterocycles. The summed E-state index contributed by atoms with van der Waals surface area (Å²) < 4.78 is 104. The maximum Gasteiger partial charge on any atom is 0.423 e. The lowest BCUT2D eigenvalue weighted by Gasteiger charge is -2.31. The molecule has 0 saturated carbocycles. The van der Waals surface area contributed by atoms with Crippen molar-refractivity contribution in [1.29, 1.82) is 0 Å². The normalized spacial score (nSPS) is 19.8. The summed E-state index contributed by atoms with van der Waals surface area (Å²) in [5, 5.41) is 12.6. The standard InChI is InChI=1S/C20H23F3N8O6S2/c21-20(22,23)17-10-24-19(29-18(17)37-14-3-6-36-12-14)28-13-1-4-30(5-2-13)38(32,33)16-9-27-31(11-16)39(34,35)15-7-25-26-8-15/h7-11,13-14H,1-6,12H2,(H,25,26)(H,24,28,29). The van der Waals surface area contributed by atoms with Crippen LogP contribution in [0.5, 0.6) is 5.88 Å². The van der Waals surface area contributed by atoms with E-state index in [9.17, 15) is 30.0 Å². The quantitative estimate of drug-likeness (QED) is 0.383. The monoisotopic (exact) mass is 592 g/mol. The number of H-pyrrole nitrogens is 1. The summed E-state index contributed by atoms with van der Waals surface area (Å²) in [5.41, 5.74) is -1.10. The number of nitrogens with zero attached hydrogens (tertiary/aromatic N) is 6. The number of alkyl halides is 3. The molecule has 19 heteroatoms. The first kappa shape index (κ1) is 27.3. The highest BCUT2D eigenvalue weighted by molar-refractivity contribution is 7.90. The van der Waals surface area contributed by atoms with E-state index in [1.807, 2.05) is 0 Å². The van der Waals surface area contributed by atoms with Crippen LogP contribution >= 0.6 is 0 Å². The van der Waals surface area contributed by atoms with Crippen molar-refractivity contribution in [1.82, 2.24) is 33.7 Å². The predicted molar refractivity (Wildman–Crippen MR) is 126 cm³/mol. The van der Waals surface area contributed by atoms with Crippen LogP contribution in [0.2, 0.25) is 0 Å². The Labute approximate surface area is 220 Å². The van der Waals surface area contributed by atoms with Crippen LogP contribution in [-0.4, -0.2) is 88.9 Å². The summed E-state index contributed by atoms with van der Waals surface area (Å²) in [6, 6.07) is -0.333. The van der Waals surface area contributed by atoms with E-state index >= 15 is 0 Å². The summed E-state index contributed by atoms with van der Waals surface area (Å²) in [5.74, 6) is -0.679. The molecule has 3 aromatic rings. The first-order chi connectivity index (χ1) is 18.4. The van der Waals surface area contributed by atoms with Crippen molar-refractivity contribution in [3.63, 3.8) is 0 Å². The number of rotatable bonds is 8. The fourth-order valence-corrected chi connectivity index (χ4v) is 6.59. The summed E-state index contributed by atoms with van der Waals surface area (Å²) in [4.78, 5) is 7.22. The highest BCUT2D eigenvalue weighted by atomic mass is 32.2. The second kappa shape index (κ2) is 10.4. The second-order valence-electron chi connectivity index (χ2n) is 8.82. The van der Waals surface area contributed by atoms with Gasteiger partial charge in [0.2, 0.25) is 21.9 Å². The van der Waals surface area contributed by atoms with Crippen molar-refractivity contribution in [3.05, 3.63) is 36.5 Å². The minimum Gasteiger partial charge on any atom is -0.471 e. The Balaban J connectivity index is 1.24. The molecule has 0 aliphatic carbocycles. The lowest BCUT2D eigenvalue weighted by atomic mass is 10.1. The van der Waals surface area contributed by atoms with Gasteiger partial charge in [0.05, 0.1) is 31.8 Å². The van der Waals surface area contributed by atoms with Crippen molar-refractivity contribution in [2.75, 3.05) is 31.6 Å². The average Bonchev–Trinajstić information content (AvgIpc) is 3.67. The summed E-state index contributed by atoms with van der Waals surface area (Å²) in [7, 11) is -8.18. The van der Waals surface area contributed by atoms with Crippen LogP contribution in [0, 0.1) is 0 Å². The Bertz CT molecular complexity index is 1510. The molecule has 2 fully saturated rings. The van der Waals surface area contributed by atoms with Crippen molar-refractivity contribution in [2.24, 2.45) is 0 Å². The van der Waals surface area contributed by atoms with Gasteiger partial charge in [-0.05, 0) is 12.8 Å². The van der Waals surface area contributed by atoms with Gasteiger partial charge in [-0.25, -0.2) is 13.4 Å². The Morgan fingerprint density at radius 2 is 1.82 bits per heavy atom. The van der Waals surface area contributed by atoms with Gasteiger partial charge in [0.15, 0.2) is 0 Å². The van der Waals surface area contributed by atoms with Crippen LogP contribution in [0.15, 0.2) is 40.8 Å². The second-order valence-corrected chi connectivity index (χ2v) is 12.6. The molecule has 2 aliphatic heterocycles. The molecule has 0 spiro atoms. The molecule has 14 nitrogen and oxygen atoms in total. The van der Waals surface area contributed by atoms with E-state index in [2.05, 4.69) is 30.6 Å². The van der Waals surface area contributed by atoms with Gasteiger partial charge in [-0.3, -0.25) is 5.10 Å². The molecular formula is C20H23F3N8O6S2. The number of piperidine rings is 1. The number of hydrogen-bond acceptors (Lipinski definition) is 11. The molecular weight excluding hydrogens is 569 g/mol. The minimum absolute atomic E-state index is 0.0586. The number of ether oxygens (including phenoxy) is 2. The third-order valence-electron chi connectivity index (χ3n) is 6.20. The Morgan fingerprint density at radius 1 is 1.05 bits per heavy atom. The number of aromatic nitrogens is 6. The zero-order valence-electron chi connectivity index (χ0n) is 20.1. The van der Waals surface area contributed by atoms with Gasteiger partial charge in [-0.1, -0.05) is 0 Å². The molecule has 1 unspecified atom stereocenters. The van der Waals surface area contributed by atoms with Gasteiger partial charge >= 0.3 is 6.18 Å². The largest absolute Gasteiger partial charge is 0.471 e. The van der Waals surface area contributed by atoms with Crippen molar-refractivity contribution in [2.45, 2.75) is 47.4 Å². The van der Waals surface area contributed by atoms with E-state index < -0.39 is 43.8 Å². The first-order valence-electron chi connectivity index (χ1n) is 11.7. The third-order valence-corrected chi connectivity index (χ3v) is 9.57. The highest BCUT2D eigenvalue weighted by Gasteiger charge is 2.38. The molecule has 2 aliphatic rings. The van der Waals surface area contributed by atoms with E-state index in [-0.39, 0.29) is 54.3 Å². The van der Waals surface area contributed by atoms with Gasteiger partial charge in [-0.15, -0.1) is 0 Å². The predicted octanol–water partition coefficient (Wildman–Crippen LogP) is 1.08. The van der Waals surface area contributed by atoms with Gasteiger partial charge in [-0.2, -0.15) is 45.2 Å². The lowest BCUT2D eigenvalue weighted by Crippen LogP contribution is -2.42. The van der Waals surface area contributed by atoms with Crippen molar-refractivity contribution < 1.29 is 39.5 Å². The number of anilines is 1. The highest BCUT2D eigenvalue weighted by Crippen LogP contribution is 2.36. The third kappa shape index (κ3) is 5.70. The van der Waals surface area contributed by atoms with E-state index in [1.54, 1.807) is 0 Å². The molecule has 2 saturated heterocycles. The summed E-state index contributed by atoms with van der Waals surface area (Å²) in [6.07, 6.45) is 0.470. The number of aromatic amines is 1. The van der Waals surface area contributed by atoms with Crippen LogP contribution in [0.1, 0.15) is 24.8 Å². The Hall–Kier alpha value is -3.29.